The Morgan fingerprint density at radius 2 is 2.00 bits per heavy atom. The molecule has 0 aliphatic rings. The lowest BCUT2D eigenvalue weighted by Crippen LogP contribution is -2.39. The van der Waals surface area contributed by atoms with E-state index in [4.69, 9.17) is 5.11 Å². The summed E-state index contributed by atoms with van der Waals surface area (Å²) in [6.45, 7) is 3.45. The van der Waals surface area contributed by atoms with Gasteiger partial charge in [0.15, 0.2) is 0 Å². The van der Waals surface area contributed by atoms with E-state index in [1.165, 1.54) is 23.8 Å². The van der Waals surface area contributed by atoms with Crippen LogP contribution in [0.2, 0.25) is 0 Å². The zero-order valence-corrected chi connectivity index (χ0v) is 12.6. The smallest absolute Gasteiger partial charge is 0.325 e. The Hall–Kier alpha value is -2.21. The van der Waals surface area contributed by atoms with Crippen molar-refractivity contribution in [1.29, 1.82) is 0 Å². The first-order chi connectivity index (χ1) is 9.95. The van der Waals surface area contributed by atoms with E-state index in [2.05, 4.69) is 10.3 Å². The fourth-order valence-electron chi connectivity index (χ4n) is 1.74. The Bertz CT molecular complexity index is 649. The Kier molecular flexibility index (Phi) is 4.70. The lowest BCUT2D eigenvalue weighted by Gasteiger charge is -2.07. The van der Waals surface area contributed by atoms with Crippen molar-refractivity contribution >= 4 is 23.2 Å². The molecule has 2 rings (SSSR count). The predicted octanol–water partition coefficient (Wildman–Crippen LogP) is 2.25. The van der Waals surface area contributed by atoms with E-state index in [0.717, 1.165) is 10.6 Å². The van der Waals surface area contributed by atoms with Gasteiger partial charge in [0, 0.05) is 10.9 Å². The summed E-state index contributed by atoms with van der Waals surface area (Å²) in [7, 11) is 0. The highest BCUT2D eigenvalue weighted by Gasteiger charge is 2.15. The average Bonchev–Trinajstić information content (AvgIpc) is 2.87. The number of nitrogens with zero attached hydrogens (tertiary/aromatic N) is 1. The predicted molar refractivity (Wildman–Crippen MR) is 81.2 cm³/mol. The molecule has 1 amide bonds. The van der Waals surface area contributed by atoms with Crippen LogP contribution in [0.25, 0.3) is 10.6 Å². The zero-order chi connectivity index (χ0) is 15.4. The molecule has 0 radical (unpaired) electrons. The number of hydrogen-bond acceptors (Lipinski definition) is 4. The maximum Gasteiger partial charge on any atom is 0.325 e. The van der Waals surface area contributed by atoms with E-state index < -0.39 is 12.0 Å². The number of rotatable bonds is 5. The number of amides is 1. The fraction of sp³-hybridized carbons (Fsp3) is 0.267. The molecule has 1 aromatic heterocycles. The number of nitrogens with one attached hydrogen (secondary N) is 1. The Morgan fingerprint density at radius 1 is 1.33 bits per heavy atom. The number of hydrogen-bond donors (Lipinski definition) is 2. The second-order valence-corrected chi connectivity index (χ2v) is 5.67. The van der Waals surface area contributed by atoms with Gasteiger partial charge in [-0.1, -0.05) is 29.8 Å². The zero-order valence-electron chi connectivity index (χ0n) is 11.8. The second-order valence-electron chi connectivity index (χ2n) is 4.81. The minimum absolute atomic E-state index is 0.0833. The fourth-order valence-corrected chi connectivity index (χ4v) is 2.56. The highest BCUT2D eigenvalue weighted by molar-refractivity contribution is 7.13. The Balaban J connectivity index is 2.01. The Labute approximate surface area is 126 Å². The standard InChI is InChI=1S/C15H16N2O3S/c1-9-3-5-11(6-4-9)14-17-12(8-21-14)7-13(18)16-10(2)15(19)20/h3-6,8,10H,7H2,1-2H3,(H,16,18)(H,19,20)/t10-/m1/s1. The van der Waals surface area contributed by atoms with Crippen molar-refractivity contribution in [1.82, 2.24) is 10.3 Å². The van der Waals surface area contributed by atoms with Gasteiger partial charge in [-0.25, -0.2) is 4.98 Å². The van der Waals surface area contributed by atoms with E-state index in [1.807, 2.05) is 36.6 Å². The van der Waals surface area contributed by atoms with Crippen molar-refractivity contribution in [3.8, 4) is 10.6 Å². The van der Waals surface area contributed by atoms with Crippen molar-refractivity contribution in [2.24, 2.45) is 0 Å². The highest BCUT2D eigenvalue weighted by Crippen LogP contribution is 2.24. The molecule has 110 valence electrons. The molecule has 0 saturated carbocycles. The van der Waals surface area contributed by atoms with Gasteiger partial charge in [0.25, 0.3) is 0 Å². The highest BCUT2D eigenvalue weighted by atomic mass is 32.1. The van der Waals surface area contributed by atoms with Crippen LogP contribution in [0.5, 0.6) is 0 Å². The van der Waals surface area contributed by atoms with Gasteiger partial charge in [-0.3, -0.25) is 9.59 Å². The number of thiazole rings is 1. The summed E-state index contributed by atoms with van der Waals surface area (Å²) in [5.74, 6) is -1.40. The number of carbonyl (C=O) groups excluding carboxylic acids is 1. The van der Waals surface area contributed by atoms with Gasteiger partial charge >= 0.3 is 5.97 Å². The number of carboxylic acids is 1. The van der Waals surface area contributed by atoms with Gasteiger partial charge < -0.3 is 10.4 Å². The van der Waals surface area contributed by atoms with Crippen LogP contribution in [0.1, 0.15) is 18.2 Å². The van der Waals surface area contributed by atoms with E-state index >= 15 is 0 Å². The maximum absolute atomic E-state index is 11.7. The molecule has 1 atom stereocenters. The van der Waals surface area contributed by atoms with E-state index in [1.54, 1.807) is 0 Å². The third-order valence-electron chi connectivity index (χ3n) is 2.94. The molecule has 21 heavy (non-hydrogen) atoms. The number of aryl methyl sites for hydroxylation is 1. The van der Waals surface area contributed by atoms with E-state index in [-0.39, 0.29) is 12.3 Å². The normalized spacial score (nSPS) is 11.9. The number of aliphatic carboxylic acids is 1. The van der Waals surface area contributed by atoms with Gasteiger partial charge in [-0.05, 0) is 13.8 Å². The molecule has 0 saturated heterocycles. The molecule has 0 aliphatic heterocycles. The molecule has 0 bridgehead atoms. The molecule has 5 nitrogen and oxygen atoms in total. The van der Waals surface area contributed by atoms with Crippen LogP contribution in [-0.4, -0.2) is 28.0 Å². The molecule has 0 unspecified atom stereocenters. The summed E-state index contributed by atoms with van der Waals surface area (Å²) < 4.78 is 0. The number of benzene rings is 1. The van der Waals surface area contributed by atoms with Crippen molar-refractivity contribution in [3.05, 3.63) is 40.9 Å². The summed E-state index contributed by atoms with van der Waals surface area (Å²) in [5.41, 5.74) is 2.83. The van der Waals surface area contributed by atoms with Crippen molar-refractivity contribution in [2.75, 3.05) is 0 Å². The second kappa shape index (κ2) is 6.49. The molecule has 2 aromatic rings. The lowest BCUT2D eigenvalue weighted by molar-refractivity contribution is -0.141. The summed E-state index contributed by atoms with van der Waals surface area (Å²) in [4.78, 5) is 26.8. The summed E-state index contributed by atoms with van der Waals surface area (Å²) in [6.07, 6.45) is 0.0833. The topological polar surface area (TPSA) is 79.3 Å². The van der Waals surface area contributed by atoms with Gasteiger partial charge in [0.1, 0.15) is 11.0 Å². The monoisotopic (exact) mass is 304 g/mol. The van der Waals surface area contributed by atoms with E-state index in [9.17, 15) is 9.59 Å². The summed E-state index contributed by atoms with van der Waals surface area (Å²) >= 11 is 1.47. The summed E-state index contributed by atoms with van der Waals surface area (Å²) in [6, 6.07) is 7.11. The van der Waals surface area contributed by atoms with Gasteiger partial charge in [0.2, 0.25) is 5.91 Å². The first-order valence-corrected chi connectivity index (χ1v) is 7.37. The van der Waals surface area contributed by atoms with Gasteiger partial charge in [0.05, 0.1) is 12.1 Å². The molecular weight excluding hydrogens is 288 g/mol. The third-order valence-corrected chi connectivity index (χ3v) is 3.88. The van der Waals surface area contributed by atoms with Crippen LogP contribution in [0.15, 0.2) is 29.6 Å². The molecule has 2 N–H and O–H groups in total. The minimum Gasteiger partial charge on any atom is -0.480 e. The maximum atomic E-state index is 11.7. The molecule has 6 heteroatoms. The quantitative estimate of drug-likeness (QED) is 0.888. The van der Waals surface area contributed by atoms with Crippen LogP contribution in [0, 0.1) is 6.92 Å². The molecule has 0 fully saturated rings. The average molecular weight is 304 g/mol. The number of aromatic nitrogens is 1. The summed E-state index contributed by atoms with van der Waals surface area (Å²) in [5, 5.41) is 13.8. The number of carboxylic acid groups (broad SMARTS) is 1. The van der Waals surface area contributed by atoms with Crippen LogP contribution < -0.4 is 5.32 Å². The van der Waals surface area contributed by atoms with E-state index in [0.29, 0.717) is 5.69 Å². The van der Waals surface area contributed by atoms with Gasteiger partial charge in [-0.2, -0.15) is 0 Å². The first kappa shape index (κ1) is 15.2. The number of carbonyl (C=O) groups is 2. The van der Waals surface area contributed by atoms with Crippen molar-refractivity contribution < 1.29 is 14.7 Å². The molecular formula is C15H16N2O3S. The lowest BCUT2D eigenvalue weighted by atomic mass is 10.2. The minimum atomic E-state index is -1.05. The van der Waals surface area contributed by atoms with Crippen LogP contribution in [0.3, 0.4) is 0 Å². The van der Waals surface area contributed by atoms with Crippen LogP contribution >= 0.6 is 11.3 Å². The first-order valence-electron chi connectivity index (χ1n) is 6.49. The van der Waals surface area contributed by atoms with Crippen LogP contribution in [0.4, 0.5) is 0 Å². The molecule has 0 spiro atoms. The molecule has 1 aromatic carbocycles. The largest absolute Gasteiger partial charge is 0.480 e. The molecule has 1 heterocycles. The SMILES string of the molecule is Cc1ccc(-c2nc(CC(=O)N[C@H](C)C(=O)O)cs2)cc1. The van der Waals surface area contributed by atoms with Crippen LogP contribution in [-0.2, 0) is 16.0 Å². The Morgan fingerprint density at radius 3 is 2.62 bits per heavy atom. The third kappa shape index (κ3) is 4.13. The molecule has 0 aliphatic carbocycles. The van der Waals surface area contributed by atoms with Crippen molar-refractivity contribution in [3.63, 3.8) is 0 Å². The van der Waals surface area contributed by atoms with Gasteiger partial charge in [-0.15, -0.1) is 11.3 Å². The van der Waals surface area contributed by atoms with Crippen molar-refractivity contribution in [2.45, 2.75) is 26.3 Å².